The molecular weight excluding hydrogens is 418 g/mol. The highest BCUT2D eigenvalue weighted by Gasteiger charge is 2.28. The summed E-state index contributed by atoms with van der Waals surface area (Å²) in [5.74, 6) is -0.798. The highest BCUT2D eigenvalue weighted by molar-refractivity contribution is 7.17. The van der Waals surface area contributed by atoms with Gasteiger partial charge in [0, 0.05) is 17.3 Å². The Morgan fingerprint density at radius 1 is 1.16 bits per heavy atom. The van der Waals surface area contributed by atoms with Gasteiger partial charge in [-0.3, -0.25) is 14.6 Å². The fourth-order valence-corrected chi connectivity index (χ4v) is 4.67. The van der Waals surface area contributed by atoms with E-state index in [-0.39, 0.29) is 12.5 Å². The van der Waals surface area contributed by atoms with E-state index in [4.69, 9.17) is 9.15 Å². The first-order valence-electron chi connectivity index (χ1n) is 9.94. The van der Waals surface area contributed by atoms with Crippen molar-refractivity contribution in [1.29, 1.82) is 0 Å². The summed E-state index contributed by atoms with van der Waals surface area (Å²) >= 11 is 1.39. The summed E-state index contributed by atoms with van der Waals surface area (Å²) in [7, 11) is 0. The van der Waals surface area contributed by atoms with Crippen molar-refractivity contribution in [2.24, 2.45) is 0 Å². The summed E-state index contributed by atoms with van der Waals surface area (Å²) in [6.45, 7) is -0.205. The van der Waals surface area contributed by atoms with Crippen LogP contribution in [0.15, 0.2) is 47.3 Å². The number of hydrogen-bond acceptors (Lipinski definition) is 7. The van der Waals surface area contributed by atoms with Crippen LogP contribution in [0.25, 0.3) is 0 Å². The molecule has 2 N–H and O–H groups in total. The lowest BCUT2D eigenvalue weighted by Gasteiger charge is -2.13. The van der Waals surface area contributed by atoms with Gasteiger partial charge in [-0.05, 0) is 55.5 Å². The molecule has 0 saturated carbocycles. The van der Waals surface area contributed by atoms with E-state index >= 15 is 0 Å². The van der Waals surface area contributed by atoms with Crippen LogP contribution in [0.5, 0.6) is 0 Å². The van der Waals surface area contributed by atoms with Crippen LogP contribution < -0.4 is 10.6 Å². The SMILES string of the molecule is O=C(COC(=O)c1c(NC(=O)c2cccnc2)sc2c1CCCC2)NCc1ccco1. The Morgan fingerprint density at radius 2 is 2.03 bits per heavy atom. The number of hydrogen-bond donors (Lipinski definition) is 2. The molecule has 0 spiro atoms. The van der Waals surface area contributed by atoms with E-state index in [1.54, 1.807) is 30.5 Å². The summed E-state index contributed by atoms with van der Waals surface area (Å²) in [5, 5.41) is 5.90. The van der Waals surface area contributed by atoms with Crippen molar-refractivity contribution in [2.75, 3.05) is 11.9 Å². The van der Waals surface area contributed by atoms with Gasteiger partial charge in [0.1, 0.15) is 10.8 Å². The van der Waals surface area contributed by atoms with Crippen LogP contribution in [0.4, 0.5) is 5.00 Å². The number of fused-ring (bicyclic) bond motifs is 1. The van der Waals surface area contributed by atoms with Gasteiger partial charge in [0.05, 0.1) is 23.9 Å². The minimum Gasteiger partial charge on any atom is -0.467 e. The largest absolute Gasteiger partial charge is 0.467 e. The smallest absolute Gasteiger partial charge is 0.341 e. The third-order valence-electron chi connectivity index (χ3n) is 4.90. The summed E-state index contributed by atoms with van der Waals surface area (Å²) < 4.78 is 10.4. The van der Waals surface area contributed by atoms with E-state index in [0.717, 1.165) is 36.1 Å². The Morgan fingerprint density at radius 3 is 2.81 bits per heavy atom. The van der Waals surface area contributed by atoms with Gasteiger partial charge in [0.2, 0.25) is 0 Å². The molecule has 0 fully saturated rings. The third-order valence-corrected chi connectivity index (χ3v) is 6.11. The van der Waals surface area contributed by atoms with Crippen molar-refractivity contribution in [3.05, 3.63) is 70.3 Å². The quantitative estimate of drug-likeness (QED) is 0.547. The van der Waals surface area contributed by atoms with Gasteiger partial charge in [-0.1, -0.05) is 0 Å². The van der Waals surface area contributed by atoms with Crippen molar-refractivity contribution >= 4 is 34.1 Å². The Labute approximate surface area is 182 Å². The van der Waals surface area contributed by atoms with Gasteiger partial charge < -0.3 is 19.8 Å². The summed E-state index contributed by atoms with van der Waals surface area (Å²) in [6.07, 6.45) is 8.15. The van der Waals surface area contributed by atoms with Crippen molar-refractivity contribution in [3.63, 3.8) is 0 Å². The van der Waals surface area contributed by atoms with Crippen molar-refractivity contribution in [1.82, 2.24) is 10.3 Å². The van der Waals surface area contributed by atoms with E-state index in [1.807, 2.05) is 0 Å². The number of anilines is 1. The topological polar surface area (TPSA) is 111 Å². The van der Waals surface area contributed by atoms with Gasteiger partial charge in [-0.25, -0.2) is 4.79 Å². The number of carbonyl (C=O) groups excluding carboxylic acids is 3. The molecule has 0 unspecified atom stereocenters. The van der Waals surface area contributed by atoms with Gasteiger partial charge >= 0.3 is 5.97 Å². The first-order chi connectivity index (χ1) is 15.1. The van der Waals surface area contributed by atoms with E-state index in [0.29, 0.717) is 21.9 Å². The van der Waals surface area contributed by atoms with Gasteiger partial charge in [-0.15, -0.1) is 11.3 Å². The Hall–Kier alpha value is -3.46. The summed E-state index contributed by atoms with van der Waals surface area (Å²) in [5.41, 5.74) is 1.64. The highest BCUT2D eigenvalue weighted by Crippen LogP contribution is 2.38. The summed E-state index contributed by atoms with van der Waals surface area (Å²) in [6, 6.07) is 6.78. The number of aromatic nitrogens is 1. The lowest BCUT2D eigenvalue weighted by atomic mass is 9.95. The predicted molar refractivity (Wildman–Crippen MR) is 114 cm³/mol. The Bertz CT molecular complexity index is 1080. The minimum absolute atomic E-state index is 0.212. The van der Waals surface area contributed by atoms with E-state index in [1.165, 1.54) is 23.8 Å². The second kappa shape index (κ2) is 9.57. The molecule has 8 nitrogen and oxygen atoms in total. The molecule has 3 heterocycles. The molecule has 3 aromatic heterocycles. The standard InChI is InChI=1S/C22H21N3O5S/c26-18(24-12-15-6-4-10-29-15)13-30-22(28)19-16-7-1-2-8-17(16)31-21(19)25-20(27)14-5-3-9-23-11-14/h3-6,9-11H,1-2,7-8,12-13H2,(H,24,26)(H,25,27). The monoisotopic (exact) mass is 439 g/mol. The van der Waals surface area contributed by atoms with Crippen LogP contribution in [-0.2, 0) is 28.9 Å². The van der Waals surface area contributed by atoms with Gasteiger partial charge in [-0.2, -0.15) is 0 Å². The molecule has 0 aromatic carbocycles. The normalized spacial score (nSPS) is 12.6. The van der Waals surface area contributed by atoms with Crippen LogP contribution >= 0.6 is 11.3 Å². The number of amides is 2. The van der Waals surface area contributed by atoms with Crippen molar-refractivity contribution < 1.29 is 23.5 Å². The average molecular weight is 439 g/mol. The number of pyridine rings is 1. The van der Waals surface area contributed by atoms with Crippen LogP contribution in [-0.4, -0.2) is 29.4 Å². The zero-order chi connectivity index (χ0) is 21.6. The van der Waals surface area contributed by atoms with Crippen molar-refractivity contribution in [2.45, 2.75) is 32.2 Å². The van der Waals surface area contributed by atoms with E-state index in [2.05, 4.69) is 15.6 Å². The Kier molecular flexibility index (Phi) is 6.42. The first kappa shape index (κ1) is 20.8. The maximum atomic E-state index is 12.9. The van der Waals surface area contributed by atoms with E-state index in [9.17, 15) is 14.4 Å². The molecule has 31 heavy (non-hydrogen) atoms. The second-order valence-electron chi connectivity index (χ2n) is 7.04. The predicted octanol–water partition coefficient (Wildman–Crippen LogP) is 3.34. The molecule has 0 radical (unpaired) electrons. The number of ether oxygens (including phenoxy) is 1. The highest BCUT2D eigenvalue weighted by atomic mass is 32.1. The fraction of sp³-hybridized carbons (Fsp3) is 0.273. The van der Waals surface area contributed by atoms with Gasteiger partial charge in [0.15, 0.2) is 6.61 Å². The molecule has 2 amide bonds. The molecular formula is C22H21N3O5S. The molecule has 160 valence electrons. The number of aryl methyl sites for hydroxylation is 1. The molecule has 1 aliphatic carbocycles. The van der Waals surface area contributed by atoms with E-state index < -0.39 is 18.5 Å². The van der Waals surface area contributed by atoms with Crippen molar-refractivity contribution in [3.8, 4) is 0 Å². The molecule has 0 atom stereocenters. The lowest BCUT2D eigenvalue weighted by Crippen LogP contribution is -2.28. The molecule has 0 saturated heterocycles. The summed E-state index contributed by atoms with van der Waals surface area (Å²) in [4.78, 5) is 42.5. The molecule has 9 heteroatoms. The Balaban J connectivity index is 1.45. The number of carbonyl (C=O) groups is 3. The number of furan rings is 1. The van der Waals surface area contributed by atoms with Crippen LogP contribution in [0.3, 0.4) is 0 Å². The average Bonchev–Trinajstić information content (AvgIpc) is 3.44. The molecule has 0 bridgehead atoms. The third kappa shape index (κ3) is 5.00. The molecule has 3 aromatic rings. The van der Waals surface area contributed by atoms with Crippen LogP contribution in [0.2, 0.25) is 0 Å². The number of esters is 1. The molecule has 4 rings (SSSR count). The van der Waals surface area contributed by atoms with Crippen LogP contribution in [0.1, 0.15) is 49.8 Å². The number of rotatable bonds is 7. The lowest BCUT2D eigenvalue weighted by molar-refractivity contribution is -0.124. The number of nitrogens with one attached hydrogen (secondary N) is 2. The van der Waals surface area contributed by atoms with Crippen LogP contribution in [0, 0.1) is 0 Å². The zero-order valence-corrected chi connectivity index (χ0v) is 17.5. The number of thiophene rings is 1. The zero-order valence-electron chi connectivity index (χ0n) is 16.7. The fourth-order valence-electron chi connectivity index (χ4n) is 3.40. The second-order valence-corrected chi connectivity index (χ2v) is 8.15. The maximum Gasteiger partial charge on any atom is 0.341 e. The molecule has 1 aliphatic rings. The molecule has 0 aliphatic heterocycles. The number of nitrogens with zero attached hydrogens (tertiary/aromatic N) is 1. The maximum absolute atomic E-state index is 12.9. The first-order valence-corrected chi connectivity index (χ1v) is 10.8. The minimum atomic E-state index is -0.617. The van der Waals surface area contributed by atoms with Gasteiger partial charge in [0.25, 0.3) is 11.8 Å².